The van der Waals surface area contributed by atoms with Crippen LogP contribution in [0.2, 0.25) is 0 Å². The number of hydrogen-bond acceptors (Lipinski definition) is 3. The van der Waals surface area contributed by atoms with Crippen molar-refractivity contribution >= 4 is 23.2 Å². The number of ether oxygens (including phenoxy) is 1. The quantitative estimate of drug-likeness (QED) is 0.783. The van der Waals surface area contributed by atoms with E-state index in [1.54, 1.807) is 0 Å². The van der Waals surface area contributed by atoms with E-state index in [9.17, 15) is 27.2 Å². The summed E-state index contributed by atoms with van der Waals surface area (Å²) >= 11 is 0. The molecular weight excluding hydrogens is 356 g/mol. The summed E-state index contributed by atoms with van der Waals surface area (Å²) in [5.74, 6) is -1.92. The van der Waals surface area contributed by atoms with E-state index in [0.717, 1.165) is 12.1 Å². The first-order valence-electron chi connectivity index (χ1n) is 7.32. The summed E-state index contributed by atoms with van der Waals surface area (Å²) in [4.78, 5) is 23.3. The molecule has 0 saturated carbocycles. The van der Waals surface area contributed by atoms with Gasteiger partial charge in [-0.2, -0.15) is 13.2 Å². The monoisotopic (exact) mass is 370 g/mol. The van der Waals surface area contributed by atoms with Crippen molar-refractivity contribution in [2.75, 3.05) is 17.2 Å². The molecule has 2 N–H and O–H groups in total. The summed E-state index contributed by atoms with van der Waals surface area (Å²) in [6.07, 6.45) is -4.48. The van der Waals surface area contributed by atoms with Gasteiger partial charge in [-0.25, -0.2) is 4.39 Å². The van der Waals surface area contributed by atoms with Gasteiger partial charge in [0.2, 0.25) is 5.91 Å². The van der Waals surface area contributed by atoms with Crippen molar-refractivity contribution in [1.82, 2.24) is 0 Å². The van der Waals surface area contributed by atoms with Crippen LogP contribution in [-0.2, 0) is 4.79 Å². The molecule has 0 fully saturated rings. The predicted molar refractivity (Wildman–Crippen MR) is 86.6 cm³/mol. The van der Waals surface area contributed by atoms with Gasteiger partial charge >= 0.3 is 6.18 Å². The van der Waals surface area contributed by atoms with E-state index in [1.807, 2.05) is 0 Å². The highest BCUT2D eigenvalue weighted by atomic mass is 19.4. The number of carbonyl (C=O) groups excluding carboxylic acids is 2. The molecule has 5 nitrogen and oxygen atoms in total. The number of nitrogens with one attached hydrogen (secondary N) is 2. The molecule has 26 heavy (non-hydrogen) atoms. The van der Waals surface area contributed by atoms with E-state index in [2.05, 4.69) is 15.4 Å². The fourth-order valence-electron chi connectivity index (χ4n) is 1.98. The summed E-state index contributed by atoms with van der Waals surface area (Å²) in [6.45, 7) is -0.263. The Kier molecular flexibility index (Phi) is 5.81. The van der Waals surface area contributed by atoms with Gasteiger partial charge < -0.3 is 15.4 Å². The molecule has 0 heterocycles. The number of hydrogen-bond donors (Lipinski definition) is 2. The summed E-state index contributed by atoms with van der Waals surface area (Å²) in [6, 6.07) is 8.78. The summed E-state index contributed by atoms with van der Waals surface area (Å²) in [5.41, 5.74) is 0.0873. The number of carbonyl (C=O) groups is 2. The van der Waals surface area contributed by atoms with Crippen molar-refractivity contribution < 1.29 is 31.9 Å². The summed E-state index contributed by atoms with van der Waals surface area (Å²) in [7, 11) is 0. The lowest BCUT2D eigenvalue weighted by molar-refractivity contribution is -0.153. The van der Waals surface area contributed by atoms with E-state index in [-0.39, 0.29) is 22.7 Å². The third-order valence-electron chi connectivity index (χ3n) is 3.03. The Labute approximate surface area is 146 Å². The lowest BCUT2D eigenvalue weighted by Gasteiger charge is -2.11. The highest BCUT2D eigenvalue weighted by Gasteiger charge is 2.28. The molecule has 0 aromatic heterocycles. The van der Waals surface area contributed by atoms with Gasteiger partial charge in [0.1, 0.15) is 11.6 Å². The molecule has 0 atom stereocenters. The lowest BCUT2D eigenvalue weighted by Crippen LogP contribution is -2.19. The van der Waals surface area contributed by atoms with Crippen LogP contribution in [0.15, 0.2) is 42.5 Å². The van der Waals surface area contributed by atoms with Crippen molar-refractivity contribution in [1.29, 1.82) is 0 Å². The number of amides is 2. The fourth-order valence-corrected chi connectivity index (χ4v) is 1.98. The molecule has 0 aliphatic carbocycles. The summed E-state index contributed by atoms with van der Waals surface area (Å²) in [5, 5.41) is 4.71. The zero-order valence-corrected chi connectivity index (χ0v) is 13.5. The molecule has 0 aliphatic rings. The third-order valence-corrected chi connectivity index (χ3v) is 3.03. The van der Waals surface area contributed by atoms with E-state index in [1.165, 1.54) is 37.3 Å². The molecule has 0 bridgehead atoms. The highest BCUT2D eigenvalue weighted by Crippen LogP contribution is 2.22. The number of rotatable bonds is 5. The van der Waals surface area contributed by atoms with Gasteiger partial charge in [-0.1, -0.05) is 6.07 Å². The Balaban J connectivity index is 2.11. The zero-order valence-electron chi connectivity index (χ0n) is 13.5. The Morgan fingerprint density at radius 2 is 1.81 bits per heavy atom. The first kappa shape index (κ1) is 19.2. The predicted octanol–water partition coefficient (Wildman–Crippen LogP) is 3.98. The molecule has 2 aromatic carbocycles. The van der Waals surface area contributed by atoms with Crippen LogP contribution < -0.4 is 15.4 Å². The van der Waals surface area contributed by atoms with Crippen molar-refractivity contribution in [3.05, 3.63) is 53.8 Å². The van der Waals surface area contributed by atoms with E-state index in [4.69, 9.17) is 0 Å². The maximum absolute atomic E-state index is 13.6. The Bertz CT molecular complexity index is 822. The van der Waals surface area contributed by atoms with E-state index < -0.39 is 30.4 Å². The van der Waals surface area contributed by atoms with Crippen molar-refractivity contribution in [2.45, 2.75) is 13.1 Å². The van der Waals surface area contributed by atoms with Gasteiger partial charge in [0.05, 0.1) is 5.69 Å². The van der Waals surface area contributed by atoms with Crippen LogP contribution in [0.25, 0.3) is 0 Å². The minimum atomic E-state index is -4.48. The largest absolute Gasteiger partial charge is 0.484 e. The first-order chi connectivity index (χ1) is 12.1. The maximum Gasteiger partial charge on any atom is 0.422 e. The number of benzene rings is 2. The van der Waals surface area contributed by atoms with Gasteiger partial charge in [-0.15, -0.1) is 0 Å². The lowest BCUT2D eigenvalue weighted by atomic mass is 10.1. The molecule has 138 valence electrons. The van der Waals surface area contributed by atoms with Crippen LogP contribution >= 0.6 is 0 Å². The van der Waals surface area contributed by atoms with Gasteiger partial charge in [-0.05, 0) is 30.3 Å². The minimum absolute atomic E-state index is 0.0526. The normalized spacial score (nSPS) is 11.0. The average molecular weight is 370 g/mol. The summed E-state index contributed by atoms with van der Waals surface area (Å²) < 4.78 is 54.7. The van der Waals surface area contributed by atoms with Crippen LogP contribution in [0.5, 0.6) is 5.75 Å². The van der Waals surface area contributed by atoms with Crippen molar-refractivity contribution in [2.24, 2.45) is 0 Å². The molecular formula is C17H14F4N2O3. The molecule has 0 aliphatic heterocycles. The van der Waals surface area contributed by atoms with Gasteiger partial charge in [0.15, 0.2) is 6.61 Å². The second-order valence-corrected chi connectivity index (χ2v) is 5.26. The van der Waals surface area contributed by atoms with Crippen LogP contribution in [-0.4, -0.2) is 24.6 Å². The van der Waals surface area contributed by atoms with Crippen LogP contribution in [0.4, 0.5) is 28.9 Å². The van der Waals surface area contributed by atoms with Crippen LogP contribution in [0, 0.1) is 5.82 Å². The van der Waals surface area contributed by atoms with Crippen molar-refractivity contribution in [3.63, 3.8) is 0 Å². The molecule has 2 aromatic rings. The topological polar surface area (TPSA) is 67.4 Å². The van der Waals surface area contributed by atoms with Crippen molar-refractivity contribution in [3.8, 4) is 5.75 Å². The van der Waals surface area contributed by atoms with E-state index in [0.29, 0.717) is 0 Å². The van der Waals surface area contributed by atoms with Gasteiger partial charge in [0.25, 0.3) is 5.91 Å². The molecule has 9 heteroatoms. The number of alkyl halides is 3. The fraction of sp³-hybridized carbons (Fsp3) is 0.176. The van der Waals surface area contributed by atoms with Crippen LogP contribution in [0.1, 0.15) is 17.3 Å². The minimum Gasteiger partial charge on any atom is -0.484 e. The average Bonchev–Trinajstić information content (AvgIpc) is 2.54. The second-order valence-electron chi connectivity index (χ2n) is 5.26. The van der Waals surface area contributed by atoms with Gasteiger partial charge in [-0.3, -0.25) is 9.59 Å². The Morgan fingerprint density at radius 3 is 2.46 bits per heavy atom. The van der Waals surface area contributed by atoms with Gasteiger partial charge in [0, 0.05) is 24.2 Å². The highest BCUT2D eigenvalue weighted by molar-refractivity contribution is 6.05. The first-order valence-corrected chi connectivity index (χ1v) is 7.32. The molecule has 0 radical (unpaired) electrons. The number of anilines is 2. The zero-order chi connectivity index (χ0) is 19.3. The molecule has 0 saturated heterocycles. The third kappa shape index (κ3) is 5.76. The molecule has 2 rings (SSSR count). The Morgan fingerprint density at radius 1 is 1.08 bits per heavy atom. The second kappa shape index (κ2) is 7.85. The smallest absolute Gasteiger partial charge is 0.422 e. The molecule has 2 amide bonds. The van der Waals surface area contributed by atoms with Crippen LogP contribution in [0.3, 0.4) is 0 Å². The molecule has 0 spiro atoms. The SMILES string of the molecule is CC(=O)Nc1cc(C(=O)Nc2cccc(OCC(F)(F)F)c2)ccc1F. The standard InChI is InChI=1S/C17H14F4N2O3/c1-10(24)22-15-7-11(5-6-14(15)18)16(25)23-12-3-2-4-13(8-12)26-9-17(19,20)21/h2-8H,9H2,1H3,(H,22,24)(H,23,25). The number of halogens is 4. The molecule has 0 unspecified atom stereocenters. The van der Waals surface area contributed by atoms with E-state index >= 15 is 0 Å². The Hall–Kier alpha value is -3.10. The maximum atomic E-state index is 13.6.